The van der Waals surface area contributed by atoms with Gasteiger partial charge in [0, 0.05) is 18.9 Å². The molecule has 0 saturated carbocycles. The highest BCUT2D eigenvalue weighted by molar-refractivity contribution is 5.69. The summed E-state index contributed by atoms with van der Waals surface area (Å²) in [6.07, 6.45) is 3.07. The van der Waals surface area contributed by atoms with E-state index in [9.17, 15) is 4.79 Å². The molecule has 0 bridgehead atoms. The number of carboxylic acid groups (broad SMARTS) is 1. The van der Waals surface area contributed by atoms with Crippen LogP contribution in [0.1, 0.15) is 5.69 Å². The molecule has 0 fully saturated rings. The van der Waals surface area contributed by atoms with Gasteiger partial charge in [-0.25, -0.2) is 4.98 Å². The number of nitrogens with zero attached hydrogens (tertiary/aromatic N) is 2. The predicted molar refractivity (Wildman–Crippen MR) is 52.2 cm³/mol. The van der Waals surface area contributed by atoms with Gasteiger partial charge >= 0.3 is 5.97 Å². The van der Waals surface area contributed by atoms with E-state index < -0.39 is 5.97 Å². The second-order valence-corrected chi connectivity index (χ2v) is 3.18. The third-order valence-corrected chi connectivity index (χ3v) is 2.16. The Morgan fingerprint density at radius 2 is 2.47 bits per heavy atom. The fraction of sp³-hybridized carbons (Fsp3) is 0.200. The Balaban J connectivity index is 2.36. The zero-order chi connectivity index (χ0) is 10.8. The van der Waals surface area contributed by atoms with E-state index in [1.807, 2.05) is 0 Å². The van der Waals surface area contributed by atoms with Crippen molar-refractivity contribution in [2.75, 3.05) is 0 Å². The monoisotopic (exact) mass is 206 g/mol. The Morgan fingerprint density at radius 3 is 3.07 bits per heavy atom. The van der Waals surface area contributed by atoms with E-state index in [2.05, 4.69) is 4.98 Å². The molecule has 0 aliphatic carbocycles. The summed E-state index contributed by atoms with van der Waals surface area (Å²) < 4.78 is 6.90. The second-order valence-electron chi connectivity index (χ2n) is 3.18. The smallest absolute Gasteiger partial charge is 0.309 e. The first-order valence-electron chi connectivity index (χ1n) is 4.44. The summed E-state index contributed by atoms with van der Waals surface area (Å²) in [6, 6.07) is 3.55. The molecule has 2 rings (SSSR count). The minimum absolute atomic E-state index is 0.0375. The van der Waals surface area contributed by atoms with Crippen LogP contribution in [0.3, 0.4) is 0 Å². The number of imidazole rings is 1. The molecule has 2 heterocycles. The zero-order valence-electron chi connectivity index (χ0n) is 8.17. The van der Waals surface area contributed by atoms with Crippen LogP contribution in [-0.4, -0.2) is 20.6 Å². The van der Waals surface area contributed by atoms with E-state index in [1.54, 1.807) is 36.2 Å². The van der Waals surface area contributed by atoms with E-state index in [0.717, 1.165) is 0 Å². The van der Waals surface area contributed by atoms with E-state index in [1.165, 1.54) is 0 Å². The maximum Gasteiger partial charge on any atom is 0.309 e. The van der Waals surface area contributed by atoms with Crippen molar-refractivity contribution in [1.29, 1.82) is 0 Å². The van der Waals surface area contributed by atoms with Gasteiger partial charge in [0.25, 0.3) is 0 Å². The molecule has 0 aliphatic heterocycles. The zero-order valence-corrected chi connectivity index (χ0v) is 8.17. The number of hydrogen-bond donors (Lipinski definition) is 1. The standard InChI is InChI=1S/C10H10N2O3/c1-12-7(5-9(13)14)6-11-10(12)8-3-2-4-15-8/h2-4,6H,5H2,1H3,(H,13,14). The van der Waals surface area contributed by atoms with Gasteiger partial charge in [-0.2, -0.15) is 0 Å². The number of hydrogen-bond acceptors (Lipinski definition) is 3. The van der Waals surface area contributed by atoms with Crippen LogP contribution in [0.25, 0.3) is 11.6 Å². The van der Waals surface area contributed by atoms with Crippen molar-refractivity contribution >= 4 is 5.97 Å². The van der Waals surface area contributed by atoms with Crippen molar-refractivity contribution in [3.05, 3.63) is 30.3 Å². The summed E-state index contributed by atoms with van der Waals surface area (Å²) in [7, 11) is 1.77. The van der Waals surface area contributed by atoms with Crippen molar-refractivity contribution in [3.8, 4) is 11.6 Å². The summed E-state index contributed by atoms with van der Waals surface area (Å²) in [6.45, 7) is 0. The summed E-state index contributed by atoms with van der Waals surface area (Å²) >= 11 is 0. The van der Waals surface area contributed by atoms with Gasteiger partial charge in [0.2, 0.25) is 0 Å². The average molecular weight is 206 g/mol. The number of carboxylic acids is 1. The largest absolute Gasteiger partial charge is 0.481 e. The Kier molecular flexibility index (Phi) is 2.29. The Morgan fingerprint density at radius 1 is 1.67 bits per heavy atom. The first-order valence-corrected chi connectivity index (χ1v) is 4.44. The molecule has 0 aromatic carbocycles. The van der Waals surface area contributed by atoms with Gasteiger partial charge < -0.3 is 14.1 Å². The van der Waals surface area contributed by atoms with Gasteiger partial charge in [0.1, 0.15) is 0 Å². The summed E-state index contributed by atoms with van der Waals surface area (Å²) in [5.74, 6) is 0.398. The maximum absolute atomic E-state index is 10.6. The lowest BCUT2D eigenvalue weighted by Gasteiger charge is -2.01. The van der Waals surface area contributed by atoms with Crippen molar-refractivity contribution < 1.29 is 14.3 Å². The summed E-state index contributed by atoms with van der Waals surface area (Å²) in [5.41, 5.74) is 0.647. The van der Waals surface area contributed by atoms with E-state index in [-0.39, 0.29) is 6.42 Å². The van der Waals surface area contributed by atoms with Crippen LogP contribution >= 0.6 is 0 Å². The molecule has 0 saturated heterocycles. The van der Waals surface area contributed by atoms with E-state index in [0.29, 0.717) is 17.3 Å². The van der Waals surface area contributed by atoms with Crippen molar-refractivity contribution in [1.82, 2.24) is 9.55 Å². The van der Waals surface area contributed by atoms with Crippen LogP contribution in [0.15, 0.2) is 29.0 Å². The molecule has 0 amide bonds. The molecular formula is C10H10N2O3. The quantitative estimate of drug-likeness (QED) is 0.822. The number of aromatic nitrogens is 2. The minimum atomic E-state index is -0.871. The van der Waals surface area contributed by atoms with Crippen LogP contribution in [-0.2, 0) is 18.3 Å². The van der Waals surface area contributed by atoms with Gasteiger partial charge in [-0.05, 0) is 12.1 Å². The van der Waals surface area contributed by atoms with Gasteiger partial charge in [0.05, 0.1) is 12.7 Å². The predicted octanol–water partition coefficient (Wildman–Crippen LogP) is 1.31. The van der Waals surface area contributed by atoms with Crippen LogP contribution < -0.4 is 0 Å². The summed E-state index contributed by atoms with van der Waals surface area (Å²) in [4.78, 5) is 14.7. The number of aliphatic carboxylic acids is 1. The van der Waals surface area contributed by atoms with Gasteiger partial charge in [-0.3, -0.25) is 4.79 Å². The van der Waals surface area contributed by atoms with Crippen LogP contribution in [0.4, 0.5) is 0 Å². The SMILES string of the molecule is Cn1c(CC(=O)O)cnc1-c1ccco1. The molecule has 1 N–H and O–H groups in total. The van der Waals surface area contributed by atoms with Gasteiger partial charge in [-0.15, -0.1) is 0 Å². The minimum Gasteiger partial charge on any atom is -0.481 e. The third-order valence-electron chi connectivity index (χ3n) is 2.16. The molecule has 0 aliphatic rings. The molecule has 15 heavy (non-hydrogen) atoms. The van der Waals surface area contributed by atoms with Crippen molar-refractivity contribution in [3.63, 3.8) is 0 Å². The maximum atomic E-state index is 10.6. The Labute approximate surface area is 86.0 Å². The third kappa shape index (κ3) is 1.76. The molecule has 0 spiro atoms. The molecular weight excluding hydrogens is 196 g/mol. The fourth-order valence-electron chi connectivity index (χ4n) is 1.40. The lowest BCUT2D eigenvalue weighted by molar-refractivity contribution is -0.136. The second kappa shape index (κ2) is 3.61. The van der Waals surface area contributed by atoms with Crippen molar-refractivity contribution in [2.24, 2.45) is 7.05 Å². The first kappa shape index (κ1) is 9.51. The molecule has 5 nitrogen and oxygen atoms in total. The number of furan rings is 1. The molecule has 2 aromatic rings. The number of carbonyl (C=O) groups is 1. The highest BCUT2D eigenvalue weighted by atomic mass is 16.4. The first-order chi connectivity index (χ1) is 7.18. The average Bonchev–Trinajstić information content (AvgIpc) is 2.76. The Hall–Kier alpha value is -2.04. The highest BCUT2D eigenvalue weighted by Gasteiger charge is 2.12. The van der Waals surface area contributed by atoms with E-state index in [4.69, 9.17) is 9.52 Å². The topological polar surface area (TPSA) is 68.3 Å². The van der Waals surface area contributed by atoms with Crippen LogP contribution in [0.5, 0.6) is 0 Å². The normalized spacial score (nSPS) is 10.5. The van der Waals surface area contributed by atoms with Gasteiger partial charge in [0.15, 0.2) is 11.6 Å². The van der Waals surface area contributed by atoms with Crippen LogP contribution in [0.2, 0.25) is 0 Å². The lowest BCUT2D eigenvalue weighted by atomic mass is 10.3. The Bertz CT molecular complexity index is 471. The van der Waals surface area contributed by atoms with E-state index >= 15 is 0 Å². The molecule has 5 heteroatoms. The van der Waals surface area contributed by atoms with Crippen molar-refractivity contribution in [2.45, 2.75) is 6.42 Å². The summed E-state index contributed by atoms with van der Waals surface area (Å²) in [5, 5.41) is 8.67. The lowest BCUT2D eigenvalue weighted by Crippen LogP contribution is -2.05. The molecule has 2 aromatic heterocycles. The van der Waals surface area contributed by atoms with Crippen LogP contribution in [0, 0.1) is 0 Å². The number of rotatable bonds is 3. The molecule has 0 radical (unpaired) electrons. The molecule has 0 atom stereocenters. The molecule has 0 unspecified atom stereocenters. The highest BCUT2D eigenvalue weighted by Crippen LogP contribution is 2.18. The molecule has 78 valence electrons. The van der Waals surface area contributed by atoms with Gasteiger partial charge in [-0.1, -0.05) is 0 Å². The fourth-order valence-corrected chi connectivity index (χ4v) is 1.40.